The maximum absolute atomic E-state index is 15.1. The van der Waals surface area contributed by atoms with Crippen molar-refractivity contribution in [2.45, 2.75) is 146 Å². The Balaban J connectivity index is 1.25. The van der Waals surface area contributed by atoms with Gasteiger partial charge in [-0.2, -0.15) is 0 Å². The third-order valence-electron chi connectivity index (χ3n) is 15.2. The number of esters is 2. The summed E-state index contributed by atoms with van der Waals surface area (Å²) in [4.78, 5) is 42.1. The molecule has 0 radical (unpaired) electrons. The normalized spacial score (nSPS) is 43.2. The minimum absolute atomic E-state index is 0.0201. The fraction of sp³-hybridized carbons (Fsp3) is 0.825. The molecule has 52 heavy (non-hydrogen) atoms. The molecule has 4 aliphatic heterocycles. The maximum atomic E-state index is 15.1. The molecule has 0 amide bonds. The van der Waals surface area contributed by atoms with E-state index in [1.165, 1.54) is 0 Å². The Morgan fingerprint density at radius 3 is 2.46 bits per heavy atom. The number of ketones is 1. The van der Waals surface area contributed by atoms with Crippen molar-refractivity contribution >= 4 is 17.7 Å². The first kappa shape index (κ1) is 36.6. The Kier molecular flexibility index (Phi) is 9.06. The quantitative estimate of drug-likeness (QED) is 0.147. The summed E-state index contributed by atoms with van der Waals surface area (Å²) < 4.78 is 31.9. The van der Waals surface area contributed by atoms with Crippen LogP contribution in [0.3, 0.4) is 0 Å². The van der Waals surface area contributed by atoms with Crippen molar-refractivity contribution in [3.8, 4) is 0 Å². The number of furan rings is 1. The molecule has 5 heterocycles. The molecule has 7 fully saturated rings. The number of carbonyl (C=O) groups is 3. The van der Waals surface area contributed by atoms with Crippen LogP contribution in [-0.2, 0) is 39.8 Å². The number of epoxide rings is 1. The maximum Gasteiger partial charge on any atom is 0.339 e. The molecule has 288 valence electrons. The summed E-state index contributed by atoms with van der Waals surface area (Å²) in [5.74, 6) is -2.17. The average molecular weight is 729 g/mol. The zero-order valence-corrected chi connectivity index (χ0v) is 30.7. The van der Waals surface area contributed by atoms with Gasteiger partial charge in [0.05, 0.1) is 43.0 Å². The van der Waals surface area contributed by atoms with E-state index in [0.717, 1.165) is 44.9 Å². The minimum Gasteiger partial charge on any atom is -0.469 e. The molecule has 12 atom stereocenters. The monoisotopic (exact) mass is 728 g/mol. The second-order valence-electron chi connectivity index (χ2n) is 17.8. The molecule has 0 bridgehead atoms. The molecular weight excluding hydrogens is 672 g/mol. The summed E-state index contributed by atoms with van der Waals surface area (Å²) in [6, 6.07) is 1.81. The lowest BCUT2D eigenvalue weighted by Crippen LogP contribution is -2.79. The van der Waals surface area contributed by atoms with Gasteiger partial charge in [-0.05, 0) is 76.2 Å². The van der Waals surface area contributed by atoms with E-state index in [4.69, 9.17) is 23.4 Å². The number of cyclic esters (lactones) is 2. The molecule has 8 rings (SSSR count). The number of aliphatic hydroxyl groups is 4. The standard InChI is InChI=1S/C40H56O12/c1-36(2)31-30(45)32(46)39(23-11-7-4-8-12-23)27(38(31)21-49-29(44)19-28(38)51-36)13-15-37(3)33(50-35(47)34-40(37,39)52-34)24-14-17-48-26(24)18-22(25(43)20-42)10-6-5-9-16-41/h14,17,22-23,25,27-28,31-34,41-43,46H,4-13,15-16,18-21H2,1-3H3. The van der Waals surface area contributed by atoms with Gasteiger partial charge >= 0.3 is 11.9 Å². The Hall–Kier alpha value is -2.35. The van der Waals surface area contributed by atoms with Gasteiger partial charge in [0.15, 0.2) is 11.9 Å². The highest BCUT2D eigenvalue weighted by molar-refractivity contribution is 5.92. The van der Waals surface area contributed by atoms with Crippen LogP contribution in [0.2, 0.25) is 0 Å². The Morgan fingerprint density at radius 1 is 0.962 bits per heavy atom. The van der Waals surface area contributed by atoms with Gasteiger partial charge in [-0.15, -0.1) is 0 Å². The van der Waals surface area contributed by atoms with E-state index in [0.29, 0.717) is 43.4 Å². The van der Waals surface area contributed by atoms with E-state index >= 15 is 4.79 Å². The number of hydrogen-bond acceptors (Lipinski definition) is 12. The topological polar surface area (TPSA) is 185 Å². The number of hydrogen-bond donors (Lipinski definition) is 4. The van der Waals surface area contributed by atoms with Gasteiger partial charge in [-0.3, -0.25) is 9.59 Å². The van der Waals surface area contributed by atoms with E-state index in [2.05, 4.69) is 6.92 Å². The summed E-state index contributed by atoms with van der Waals surface area (Å²) in [6.07, 6.45) is 5.47. The van der Waals surface area contributed by atoms with Crippen LogP contribution in [0.15, 0.2) is 16.7 Å². The van der Waals surface area contributed by atoms with Crippen molar-refractivity contribution < 1.29 is 58.2 Å². The molecule has 2 spiro atoms. The molecule has 7 aliphatic rings. The first-order chi connectivity index (χ1) is 24.8. The minimum atomic E-state index is -1.43. The summed E-state index contributed by atoms with van der Waals surface area (Å²) in [6.45, 7) is 5.53. The van der Waals surface area contributed by atoms with Crippen molar-refractivity contribution in [1.82, 2.24) is 0 Å². The number of carbonyl (C=O) groups excluding carboxylic acids is 3. The molecule has 12 heteroatoms. The number of rotatable bonds is 11. The van der Waals surface area contributed by atoms with Crippen LogP contribution in [0.1, 0.15) is 115 Å². The largest absolute Gasteiger partial charge is 0.469 e. The molecular formula is C40H56O12. The zero-order chi connectivity index (χ0) is 36.8. The highest BCUT2D eigenvalue weighted by Crippen LogP contribution is 2.82. The van der Waals surface area contributed by atoms with Crippen LogP contribution in [0.25, 0.3) is 0 Å². The third-order valence-corrected chi connectivity index (χ3v) is 15.2. The second kappa shape index (κ2) is 12.9. The molecule has 0 aromatic carbocycles. The zero-order valence-electron chi connectivity index (χ0n) is 30.7. The fourth-order valence-electron chi connectivity index (χ4n) is 13.3. The summed E-state index contributed by atoms with van der Waals surface area (Å²) >= 11 is 0. The van der Waals surface area contributed by atoms with Crippen molar-refractivity contribution in [2.24, 2.45) is 39.9 Å². The van der Waals surface area contributed by atoms with Gasteiger partial charge < -0.3 is 43.8 Å². The highest BCUT2D eigenvalue weighted by atomic mass is 16.7. The van der Waals surface area contributed by atoms with Gasteiger partial charge in [-0.1, -0.05) is 39.0 Å². The fourth-order valence-corrected chi connectivity index (χ4v) is 13.3. The Morgan fingerprint density at radius 2 is 1.73 bits per heavy atom. The molecule has 3 saturated carbocycles. The summed E-state index contributed by atoms with van der Waals surface area (Å²) in [5, 5.41) is 42.9. The molecule has 12 nitrogen and oxygen atoms in total. The highest BCUT2D eigenvalue weighted by Gasteiger charge is 2.92. The average Bonchev–Trinajstić information content (AvgIpc) is 3.66. The predicted octanol–water partition coefficient (Wildman–Crippen LogP) is 3.73. The third kappa shape index (κ3) is 4.76. The van der Waals surface area contributed by atoms with E-state index in [9.17, 15) is 30.0 Å². The smallest absolute Gasteiger partial charge is 0.339 e. The van der Waals surface area contributed by atoms with E-state index < -0.39 is 76.5 Å². The van der Waals surface area contributed by atoms with Crippen LogP contribution in [0.5, 0.6) is 0 Å². The molecule has 12 unspecified atom stereocenters. The van der Waals surface area contributed by atoms with Crippen molar-refractivity contribution in [3.63, 3.8) is 0 Å². The van der Waals surface area contributed by atoms with E-state index in [1.807, 2.05) is 19.9 Å². The SMILES string of the molecule is CC1(C)OC2CC(=O)OCC23C1C(=O)C(O)C1(C2CCCCC2)C3CCC2(C)C(c3ccoc3CC(CCCCCO)C(O)CO)OC(=O)C3OC321. The number of ether oxygens (including phenoxy) is 4. The molecule has 4 N–H and O–H groups in total. The lowest BCUT2D eigenvalue weighted by molar-refractivity contribution is -0.275. The van der Waals surface area contributed by atoms with Crippen molar-refractivity contribution in [1.29, 1.82) is 0 Å². The van der Waals surface area contributed by atoms with Crippen LogP contribution < -0.4 is 0 Å². The number of fused-ring (bicyclic) bond motifs is 1. The number of aliphatic hydroxyl groups excluding tert-OH is 4. The van der Waals surface area contributed by atoms with Crippen LogP contribution in [-0.4, -0.2) is 93.6 Å². The van der Waals surface area contributed by atoms with E-state index in [1.54, 1.807) is 6.26 Å². The number of unbranched alkanes of at least 4 members (excludes halogenated alkanes) is 2. The van der Waals surface area contributed by atoms with Crippen LogP contribution >= 0.6 is 0 Å². The summed E-state index contributed by atoms with van der Waals surface area (Å²) in [5.41, 5.74) is -4.47. The van der Waals surface area contributed by atoms with Gasteiger partial charge in [0, 0.05) is 34.8 Å². The van der Waals surface area contributed by atoms with Gasteiger partial charge in [0.2, 0.25) is 0 Å². The Bertz CT molecular complexity index is 1560. The van der Waals surface area contributed by atoms with Gasteiger partial charge in [0.1, 0.15) is 30.2 Å². The predicted molar refractivity (Wildman–Crippen MR) is 182 cm³/mol. The first-order valence-electron chi connectivity index (χ1n) is 19.7. The molecule has 3 aliphatic carbocycles. The van der Waals surface area contributed by atoms with Crippen LogP contribution in [0.4, 0.5) is 0 Å². The Labute approximate surface area is 304 Å². The molecule has 1 aromatic rings. The van der Waals surface area contributed by atoms with E-state index in [-0.39, 0.29) is 49.1 Å². The first-order valence-corrected chi connectivity index (χ1v) is 19.7. The lowest BCUT2D eigenvalue weighted by Gasteiger charge is -2.70. The van der Waals surface area contributed by atoms with Crippen molar-refractivity contribution in [2.75, 3.05) is 19.8 Å². The lowest BCUT2D eigenvalue weighted by atomic mass is 9.33. The van der Waals surface area contributed by atoms with Gasteiger partial charge in [-0.25, -0.2) is 4.79 Å². The molecule has 4 saturated heterocycles. The summed E-state index contributed by atoms with van der Waals surface area (Å²) in [7, 11) is 0. The number of Topliss-reactive ketones (excluding diaryl/α,β-unsaturated/α-hetero) is 1. The van der Waals surface area contributed by atoms with Crippen molar-refractivity contribution in [3.05, 3.63) is 23.7 Å². The second-order valence-corrected chi connectivity index (χ2v) is 17.8. The van der Waals surface area contributed by atoms with Crippen LogP contribution in [0, 0.1) is 39.9 Å². The van der Waals surface area contributed by atoms with Gasteiger partial charge in [0.25, 0.3) is 0 Å². The molecule has 1 aromatic heterocycles.